The van der Waals surface area contributed by atoms with Crippen molar-refractivity contribution < 1.29 is 19.4 Å². The van der Waals surface area contributed by atoms with Crippen molar-refractivity contribution in [2.24, 2.45) is 4.99 Å². The van der Waals surface area contributed by atoms with Crippen LogP contribution in [0.15, 0.2) is 60.1 Å². The van der Waals surface area contributed by atoms with E-state index in [9.17, 15) is 4.79 Å². The summed E-state index contributed by atoms with van der Waals surface area (Å²) in [5.74, 6) is 0.805. The van der Waals surface area contributed by atoms with E-state index < -0.39 is 11.6 Å². The zero-order valence-electron chi connectivity index (χ0n) is 17.8. The minimum Gasteiger partial charge on any atom is -0.494 e. The summed E-state index contributed by atoms with van der Waals surface area (Å²) in [5.41, 5.74) is 0.364. The zero-order valence-corrected chi connectivity index (χ0v) is 19.3. The van der Waals surface area contributed by atoms with E-state index in [2.05, 4.69) is 11.9 Å². The van der Waals surface area contributed by atoms with Gasteiger partial charge in [0, 0.05) is 41.6 Å². The van der Waals surface area contributed by atoms with E-state index in [1.807, 2.05) is 19.1 Å². The number of amides is 1. The van der Waals surface area contributed by atoms with E-state index in [0.29, 0.717) is 41.1 Å². The number of aliphatic hydroxyl groups excluding tert-OH is 1. The van der Waals surface area contributed by atoms with Gasteiger partial charge in [0.1, 0.15) is 11.9 Å². The summed E-state index contributed by atoms with van der Waals surface area (Å²) < 4.78 is 11.5. The molecule has 0 saturated heterocycles. The van der Waals surface area contributed by atoms with E-state index >= 15 is 0 Å². The van der Waals surface area contributed by atoms with Crippen molar-refractivity contribution in [1.82, 2.24) is 5.32 Å². The maximum absolute atomic E-state index is 13.2. The molecule has 1 aliphatic heterocycles. The lowest BCUT2D eigenvalue weighted by Crippen LogP contribution is -2.50. The average molecular weight is 477 g/mol. The first kappa shape index (κ1) is 24.1. The van der Waals surface area contributed by atoms with Gasteiger partial charge in [0.25, 0.3) is 5.91 Å². The highest BCUT2D eigenvalue weighted by atomic mass is 35.5. The minimum atomic E-state index is -1.13. The molecule has 1 heterocycles. The van der Waals surface area contributed by atoms with Crippen LogP contribution in [0.1, 0.15) is 30.9 Å². The fourth-order valence-corrected chi connectivity index (χ4v) is 3.87. The Morgan fingerprint density at radius 1 is 1.31 bits per heavy atom. The van der Waals surface area contributed by atoms with Crippen LogP contribution in [0.5, 0.6) is 5.75 Å². The molecule has 32 heavy (non-hydrogen) atoms. The summed E-state index contributed by atoms with van der Waals surface area (Å²) in [7, 11) is 0. The molecule has 2 aromatic carbocycles. The molecule has 2 atom stereocenters. The largest absolute Gasteiger partial charge is 0.494 e. The molecule has 1 amide bonds. The molecular weight excluding hydrogens is 451 g/mol. The van der Waals surface area contributed by atoms with Gasteiger partial charge in [-0.2, -0.15) is 0 Å². The Bertz CT molecular complexity index is 994. The highest BCUT2D eigenvalue weighted by Gasteiger charge is 2.49. The summed E-state index contributed by atoms with van der Waals surface area (Å²) in [5, 5.41) is 12.8. The van der Waals surface area contributed by atoms with Gasteiger partial charge in [-0.05, 0) is 48.9 Å². The molecule has 0 saturated carbocycles. The maximum atomic E-state index is 13.2. The van der Waals surface area contributed by atoms with Crippen LogP contribution in [-0.2, 0) is 16.1 Å². The lowest BCUT2D eigenvalue weighted by Gasteiger charge is -2.27. The Kier molecular flexibility index (Phi) is 8.18. The normalized spacial score (nSPS) is 19.8. The first-order valence-corrected chi connectivity index (χ1v) is 11.1. The predicted molar refractivity (Wildman–Crippen MR) is 127 cm³/mol. The van der Waals surface area contributed by atoms with E-state index in [1.54, 1.807) is 36.4 Å². The van der Waals surface area contributed by atoms with Crippen LogP contribution >= 0.6 is 23.2 Å². The molecule has 2 aromatic rings. The number of benzene rings is 2. The summed E-state index contributed by atoms with van der Waals surface area (Å²) in [4.78, 5) is 17.9. The summed E-state index contributed by atoms with van der Waals surface area (Å²) in [6, 6.07) is 12.4. The molecule has 0 radical (unpaired) electrons. The van der Waals surface area contributed by atoms with Crippen LogP contribution in [0.25, 0.3) is 0 Å². The number of hydrogen-bond donors (Lipinski definition) is 2. The minimum absolute atomic E-state index is 0.0816. The van der Waals surface area contributed by atoms with Crippen molar-refractivity contribution >= 4 is 35.0 Å². The van der Waals surface area contributed by atoms with Crippen LogP contribution in [0, 0.1) is 0 Å². The Balaban J connectivity index is 1.77. The lowest BCUT2D eigenvalue weighted by atomic mass is 9.89. The van der Waals surface area contributed by atoms with Gasteiger partial charge >= 0.3 is 0 Å². The molecule has 8 heteroatoms. The molecular formula is C24H26Cl2N2O4. The van der Waals surface area contributed by atoms with Crippen molar-refractivity contribution in [3.63, 3.8) is 0 Å². The number of aliphatic hydroxyl groups is 1. The van der Waals surface area contributed by atoms with Gasteiger partial charge in [-0.3, -0.25) is 4.79 Å². The SMILES string of the molecule is C=CC[C@@]1(C(=O)NCc2ccc(Cl)cc2Cl)N=C(c2ccc(OCCCO)cc2)O[C@@H]1C. The second-order valence-corrected chi connectivity index (χ2v) is 8.31. The number of rotatable bonds is 10. The standard InChI is InChI=1S/C24H26Cl2N2O4/c1-3-11-24(23(30)27-15-18-5-8-19(25)14-21(18)26)16(2)32-22(28-24)17-6-9-20(10-7-17)31-13-4-12-29/h3,5-10,14,16,29H,1,4,11-13,15H2,2H3,(H,27,30)/t16-,24-/m1/s1. The Morgan fingerprint density at radius 2 is 2.06 bits per heavy atom. The molecule has 0 unspecified atom stereocenters. The third-order valence-electron chi connectivity index (χ3n) is 5.24. The van der Waals surface area contributed by atoms with Crippen molar-refractivity contribution in [2.45, 2.75) is 38.0 Å². The van der Waals surface area contributed by atoms with Gasteiger partial charge in [-0.25, -0.2) is 4.99 Å². The predicted octanol–water partition coefficient (Wildman–Crippen LogP) is 4.55. The monoisotopic (exact) mass is 476 g/mol. The number of carbonyl (C=O) groups is 1. The Morgan fingerprint density at radius 3 is 2.72 bits per heavy atom. The van der Waals surface area contributed by atoms with E-state index in [0.717, 1.165) is 11.1 Å². The van der Waals surface area contributed by atoms with Gasteiger partial charge < -0.3 is 19.9 Å². The van der Waals surface area contributed by atoms with E-state index in [1.165, 1.54) is 0 Å². The summed E-state index contributed by atoms with van der Waals surface area (Å²) >= 11 is 12.2. The lowest BCUT2D eigenvalue weighted by molar-refractivity contribution is -0.128. The number of nitrogens with zero attached hydrogens (tertiary/aromatic N) is 1. The molecule has 6 nitrogen and oxygen atoms in total. The Labute approximate surface area is 197 Å². The van der Waals surface area contributed by atoms with Crippen LogP contribution in [0.3, 0.4) is 0 Å². The second-order valence-electron chi connectivity index (χ2n) is 7.46. The molecule has 0 aliphatic carbocycles. The highest BCUT2D eigenvalue weighted by molar-refractivity contribution is 6.35. The van der Waals surface area contributed by atoms with Crippen LogP contribution in [0.4, 0.5) is 0 Å². The summed E-state index contributed by atoms with van der Waals surface area (Å²) in [6.07, 6.45) is 2.06. The fourth-order valence-electron chi connectivity index (χ4n) is 3.40. The van der Waals surface area contributed by atoms with Crippen LogP contribution in [-0.4, -0.2) is 41.8 Å². The number of nitrogens with one attached hydrogen (secondary N) is 1. The second kappa shape index (κ2) is 10.9. The number of carbonyl (C=O) groups excluding carboxylic acids is 1. The first-order valence-electron chi connectivity index (χ1n) is 10.3. The molecule has 170 valence electrons. The van der Waals surface area contributed by atoms with Crippen molar-refractivity contribution in [1.29, 1.82) is 0 Å². The third-order valence-corrected chi connectivity index (χ3v) is 5.82. The number of aliphatic imine (C=N–C) groups is 1. The van der Waals surface area contributed by atoms with Gasteiger partial charge in [-0.1, -0.05) is 35.3 Å². The molecule has 0 aromatic heterocycles. The Hall–Kier alpha value is -2.54. The van der Waals surface area contributed by atoms with Gasteiger partial charge in [0.05, 0.1) is 6.61 Å². The van der Waals surface area contributed by atoms with Gasteiger partial charge in [0.15, 0.2) is 5.54 Å². The quantitative estimate of drug-likeness (QED) is 0.389. The number of hydrogen-bond acceptors (Lipinski definition) is 5. The molecule has 0 spiro atoms. The maximum Gasteiger partial charge on any atom is 0.252 e. The van der Waals surface area contributed by atoms with Crippen LogP contribution in [0.2, 0.25) is 10.0 Å². The van der Waals surface area contributed by atoms with E-state index in [-0.39, 0.29) is 19.1 Å². The fraction of sp³-hybridized carbons (Fsp3) is 0.333. The molecule has 0 bridgehead atoms. The highest BCUT2D eigenvalue weighted by Crippen LogP contribution is 2.33. The first-order chi connectivity index (χ1) is 15.4. The van der Waals surface area contributed by atoms with Crippen molar-refractivity contribution in [3.05, 3.63) is 76.3 Å². The third kappa shape index (κ3) is 5.44. The van der Waals surface area contributed by atoms with Gasteiger partial charge in [-0.15, -0.1) is 6.58 Å². The molecule has 3 rings (SSSR count). The van der Waals surface area contributed by atoms with Gasteiger partial charge in [0.2, 0.25) is 5.90 Å². The summed E-state index contributed by atoms with van der Waals surface area (Å²) in [6.45, 7) is 6.38. The molecule has 1 aliphatic rings. The molecule has 0 fully saturated rings. The van der Waals surface area contributed by atoms with Crippen molar-refractivity contribution in [3.8, 4) is 5.75 Å². The van der Waals surface area contributed by atoms with E-state index in [4.69, 9.17) is 42.8 Å². The molecule has 2 N–H and O–H groups in total. The number of ether oxygens (including phenoxy) is 2. The smallest absolute Gasteiger partial charge is 0.252 e. The van der Waals surface area contributed by atoms with Crippen LogP contribution < -0.4 is 10.1 Å². The number of halogens is 2. The average Bonchev–Trinajstić information content (AvgIpc) is 3.11. The topological polar surface area (TPSA) is 80.2 Å². The zero-order chi connectivity index (χ0) is 23.1. The van der Waals surface area contributed by atoms with Crippen molar-refractivity contribution in [2.75, 3.05) is 13.2 Å².